The zero-order valence-electron chi connectivity index (χ0n) is 13.5. The van der Waals surface area contributed by atoms with Gasteiger partial charge in [0.05, 0.1) is 10.7 Å². The first kappa shape index (κ1) is 16.5. The fourth-order valence-corrected chi connectivity index (χ4v) is 3.01. The van der Waals surface area contributed by atoms with Gasteiger partial charge in [0.1, 0.15) is 6.04 Å². The topological polar surface area (TPSA) is 45.7 Å². The van der Waals surface area contributed by atoms with Gasteiger partial charge in [0.2, 0.25) is 0 Å². The number of hydrogen-bond donors (Lipinski definition) is 2. The van der Waals surface area contributed by atoms with Crippen LogP contribution in [0, 0.1) is 0 Å². The van der Waals surface area contributed by atoms with E-state index in [4.69, 9.17) is 11.6 Å². The van der Waals surface area contributed by atoms with Crippen LogP contribution in [0.5, 0.6) is 0 Å². The highest BCUT2D eigenvalue weighted by atomic mass is 35.5. The average Bonchev–Trinajstić information content (AvgIpc) is 2.61. The number of carbonyl (C=O) groups excluding carboxylic acids is 1. The van der Waals surface area contributed by atoms with Crippen LogP contribution in [0.4, 0.5) is 5.69 Å². The van der Waals surface area contributed by atoms with E-state index in [1.165, 1.54) is 16.3 Å². The monoisotopic (exact) mass is 339 g/mol. The third-order valence-corrected chi connectivity index (χ3v) is 4.45. The molecule has 122 valence electrons. The van der Waals surface area contributed by atoms with Crippen molar-refractivity contribution in [2.45, 2.75) is 13.0 Å². The summed E-state index contributed by atoms with van der Waals surface area (Å²) in [4.78, 5) is 12.2. The molecule has 24 heavy (non-hydrogen) atoms. The number of hydrogen-bond acceptors (Lipinski definition) is 1. The molecule has 0 aliphatic rings. The lowest BCUT2D eigenvalue weighted by molar-refractivity contribution is -0.682. The second kappa shape index (κ2) is 7.47. The zero-order chi connectivity index (χ0) is 16.9. The third kappa shape index (κ3) is 3.75. The van der Waals surface area contributed by atoms with Crippen LogP contribution in [0.2, 0.25) is 5.02 Å². The lowest BCUT2D eigenvalue weighted by atomic mass is 10.00. The molecule has 1 amide bonds. The number of anilines is 1. The Balaban J connectivity index is 1.65. The normalized spacial score (nSPS) is 12.1. The second-order valence-corrected chi connectivity index (χ2v) is 6.23. The fraction of sp³-hybridized carbons (Fsp3) is 0.150. The van der Waals surface area contributed by atoms with Crippen molar-refractivity contribution in [1.82, 2.24) is 0 Å². The van der Waals surface area contributed by atoms with Gasteiger partial charge in [-0.1, -0.05) is 66.2 Å². The van der Waals surface area contributed by atoms with Crippen molar-refractivity contribution in [3.8, 4) is 0 Å². The van der Waals surface area contributed by atoms with E-state index < -0.39 is 0 Å². The summed E-state index contributed by atoms with van der Waals surface area (Å²) in [5.41, 5.74) is 1.88. The van der Waals surface area contributed by atoms with Crippen molar-refractivity contribution in [3.63, 3.8) is 0 Å². The molecule has 0 bridgehead atoms. The number of fused-ring (bicyclic) bond motifs is 1. The average molecular weight is 340 g/mol. The summed E-state index contributed by atoms with van der Waals surface area (Å²) in [6.45, 7) is 2.46. The smallest absolute Gasteiger partial charge is 0.279 e. The maximum Gasteiger partial charge on any atom is 0.279 e. The number of halogens is 1. The SMILES string of the molecule is C[C@@H]([NH2+]CC(=O)Nc1ccccc1Cl)c1cccc2ccccc12. The summed E-state index contributed by atoms with van der Waals surface area (Å²) >= 11 is 6.07. The molecule has 0 spiro atoms. The summed E-state index contributed by atoms with van der Waals surface area (Å²) in [7, 11) is 0. The molecule has 0 fully saturated rings. The molecule has 3 N–H and O–H groups in total. The van der Waals surface area contributed by atoms with E-state index in [9.17, 15) is 4.79 Å². The van der Waals surface area contributed by atoms with Gasteiger partial charge in [0.25, 0.3) is 5.91 Å². The van der Waals surface area contributed by atoms with Crippen molar-refractivity contribution in [2.75, 3.05) is 11.9 Å². The van der Waals surface area contributed by atoms with E-state index in [0.717, 1.165) is 0 Å². The van der Waals surface area contributed by atoms with Crippen LogP contribution in [0.3, 0.4) is 0 Å². The van der Waals surface area contributed by atoms with Crippen molar-refractivity contribution >= 4 is 34.0 Å². The van der Waals surface area contributed by atoms with Gasteiger partial charge in [0, 0.05) is 5.56 Å². The van der Waals surface area contributed by atoms with Gasteiger partial charge in [-0.3, -0.25) is 4.79 Å². The number of benzene rings is 3. The molecule has 3 aromatic rings. The van der Waals surface area contributed by atoms with Gasteiger partial charge < -0.3 is 10.6 Å². The van der Waals surface area contributed by atoms with Gasteiger partial charge in [0.15, 0.2) is 6.54 Å². The largest absolute Gasteiger partial charge is 0.332 e. The quantitative estimate of drug-likeness (QED) is 0.730. The molecule has 3 aromatic carbocycles. The van der Waals surface area contributed by atoms with E-state index in [1.807, 2.05) is 29.6 Å². The maximum atomic E-state index is 12.2. The molecule has 3 rings (SSSR count). The summed E-state index contributed by atoms with van der Waals surface area (Å²) in [6.07, 6.45) is 0. The van der Waals surface area contributed by atoms with E-state index in [-0.39, 0.29) is 11.9 Å². The van der Waals surface area contributed by atoms with Crippen LogP contribution < -0.4 is 10.6 Å². The van der Waals surface area contributed by atoms with Gasteiger partial charge in [-0.2, -0.15) is 0 Å². The first-order valence-corrected chi connectivity index (χ1v) is 8.38. The molecule has 0 aromatic heterocycles. The first-order valence-electron chi connectivity index (χ1n) is 8.00. The van der Waals surface area contributed by atoms with Crippen molar-refractivity contribution in [1.29, 1.82) is 0 Å². The Morgan fingerprint density at radius 1 is 1.04 bits per heavy atom. The predicted molar refractivity (Wildman–Crippen MR) is 99.2 cm³/mol. The van der Waals surface area contributed by atoms with E-state index in [0.29, 0.717) is 17.3 Å². The second-order valence-electron chi connectivity index (χ2n) is 5.82. The number of para-hydroxylation sites is 1. The molecule has 3 nitrogen and oxygen atoms in total. The Morgan fingerprint density at radius 3 is 2.58 bits per heavy atom. The lowest BCUT2D eigenvalue weighted by Gasteiger charge is -2.14. The number of rotatable bonds is 5. The van der Waals surface area contributed by atoms with E-state index in [1.54, 1.807) is 12.1 Å². The number of nitrogens with one attached hydrogen (secondary N) is 1. The Bertz CT molecular complexity index is 858. The highest BCUT2D eigenvalue weighted by molar-refractivity contribution is 6.33. The maximum absolute atomic E-state index is 12.2. The van der Waals surface area contributed by atoms with Gasteiger partial charge >= 0.3 is 0 Å². The number of carbonyl (C=O) groups is 1. The Hall–Kier alpha value is -2.36. The van der Waals surface area contributed by atoms with Gasteiger partial charge in [-0.25, -0.2) is 0 Å². The van der Waals surface area contributed by atoms with Crippen LogP contribution in [-0.4, -0.2) is 12.5 Å². The number of nitrogens with two attached hydrogens (primary N) is 1. The minimum Gasteiger partial charge on any atom is -0.332 e. The summed E-state index contributed by atoms with van der Waals surface area (Å²) in [6, 6.07) is 22.0. The zero-order valence-corrected chi connectivity index (χ0v) is 14.3. The fourth-order valence-electron chi connectivity index (χ4n) is 2.82. The molecule has 4 heteroatoms. The van der Waals surface area contributed by atoms with Crippen molar-refractivity contribution in [3.05, 3.63) is 77.3 Å². The van der Waals surface area contributed by atoms with Crippen LogP contribution in [0.15, 0.2) is 66.7 Å². The minimum atomic E-state index is -0.0600. The first-order chi connectivity index (χ1) is 11.6. The van der Waals surface area contributed by atoms with E-state index in [2.05, 4.69) is 42.6 Å². The van der Waals surface area contributed by atoms with Crippen molar-refractivity contribution in [2.24, 2.45) is 0 Å². The molecular formula is C20H20ClN2O+. The van der Waals surface area contributed by atoms with Crippen LogP contribution >= 0.6 is 11.6 Å². The molecule has 0 aliphatic heterocycles. The molecule has 0 unspecified atom stereocenters. The molecule has 0 saturated heterocycles. The predicted octanol–water partition coefficient (Wildman–Crippen LogP) is 3.76. The van der Waals surface area contributed by atoms with Gasteiger partial charge in [-0.15, -0.1) is 0 Å². The molecule has 0 saturated carbocycles. The molecule has 1 atom stereocenters. The minimum absolute atomic E-state index is 0.0600. The summed E-state index contributed by atoms with van der Waals surface area (Å²) < 4.78 is 0. The molecule has 0 radical (unpaired) electrons. The Kier molecular flexibility index (Phi) is 5.14. The van der Waals surface area contributed by atoms with Crippen LogP contribution in [0.25, 0.3) is 10.8 Å². The standard InChI is InChI=1S/C20H19ClN2O/c1-14(16-10-6-8-15-7-2-3-9-17(15)16)22-13-20(24)23-19-12-5-4-11-18(19)21/h2-12,14,22H,13H2,1H3,(H,23,24)/p+1/t14-/m1/s1. The van der Waals surface area contributed by atoms with Crippen LogP contribution in [-0.2, 0) is 4.79 Å². The Labute approximate surface area is 146 Å². The third-order valence-electron chi connectivity index (χ3n) is 4.12. The molecular weight excluding hydrogens is 320 g/mol. The van der Waals surface area contributed by atoms with Crippen molar-refractivity contribution < 1.29 is 10.1 Å². The van der Waals surface area contributed by atoms with Crippen LogP contribution in [0.1, 0.15) is 18.5 Å². The molecule has 0 aliphatic carbocycles. The van der Waals surface area contributed by atoms with E-state index >= 15 is 0 Å². The van der Waals surface area contributed by atoms with Gasteiger partial charge in [-0.05, 0) is 29.8 Å². The number of amides is 1. The number of quaternary nitrogens is 1. The highest BCUT2D eigenvalue weighted by Gasteiger charge is 2.14. The lowest BCUT2D eigenvalue weighted by Crippen LogP contribution is -2.86. The Morgan fingerprint density at radius 2 is 1.75 bits per heavy atom. The summed E-state index contributed by atoms with van der Waals surface area (Å²) in [5.74, 6) is -0.0600. The molecule has 0 heterocycles. The summed E-state index contributed by atoms with van der Waals surface area (Å²) in [5, 5.41) is 7.89. The highest BCUT2D eigenvalue weighted by Crippen LogP contribution is 2.22.